The SMILES string of the molecule is CCCC(C)c1cc(Cl)on1. The first-order valence-electron chi connectivity index (χ1n) is 3.86. The zero-order valence-electron chi connectivity index (χ0n) is 6.80. The van der Waals surface area contributed by atoms with E-state index in [1.165, 1.54) is 0 Å². The van der Waals surface area contributed by atoms with Crippen molar-refractivity contribution in [2.45, 2.75) is 32.6 Å². The van der Waals surface area contributed by atoms with Gasteiger partial charge >= 0.3 is 0 Å². The zero-order chi connectivity index (χ0) is 8.27. The van der Waals surface area contributed by atoms with Gasteiger partial charge in [0.1, 0.15) is 0 Å². The van der Waals surface area contributed by atoms with E-state index in [2.05, 4.69) is 19.0 Å². The summed E-state index contributed by atoms with van der Waals surface area (Å²) in [5.74, 6) is 0.455. The summed E-state index contributed by atoms with van der Waals surface area (Å²) in [4.78, 5) is 0. The minimum atomic E-state index is 0.378. The maximum Gasteiger partial charge on any atom is 0.226 e. The maximum absolute atomic E-state index is 5.58. The summed E-state index contributed by atoms with van der Waals surface area (Å²) in [6.45, 7) is 4.27. The third kappa shape index (κ3) is 2.22. The molecule has 0 spiro atoms. The molecule has 1 aromatic rings. The Balaban J connectivity index is 2.60. The van der Waals surface area contributed by atoms with Gasteiger partial charge in [-0.1, -0.05) is 25.4 Å². The Kier molecular flexibility index (Phi) is 2.94. The van der Waals surface area contributed by atoms with Gasteiger partial charge in [0.2, 0.25) is 5.22 Å². The van der Waals surface area contributed by atoms with E-state index in [4.69, 9.17) is 16.1 Å². The van der Waals surface area contributed by atoms with Crippen LogP contribution in [-0.4, -0.2) is 5.16 Å². The second-order valence-corrected chi connectivity index (χ2v) is 3.12. The summed E-state index contributed by atoms with van der Waals surface area (Å²) in [5.41, 5.74) is 0.955. The van der Waals surface area contributed by atoms with E-state index in [9.17, 15) is 0 Å². The van der Waals surface area contributed by atoms with Crippen LogP contribution in [0.2, 0.25) is 5.22 Å². The van der Waals surface area contributed by atoms with Crippen molar-refractivity contribution in [2.24, 2.45) is 0 Å². The molecule has 2 nitrogen and oxygen atoms in total. The van der Waals surface area contributed by atoms with E-state index in [-0.39, 0.29) is 0 Å². The van der Waals surface area contributed by atoms with Crippen LogP contribution in [0.1, 0.15) is 38.3 Å². The number of hydrogen-bond acceptors (Lipinski definition) is 2. The van der Waals surface area contributed by atoms with Gasteiger partial charge in [0.15, 0.2) is 0 Å². The molecular formula is C8H12ClNO. The highest BCUT2D eigenvalue weighted by Gasteiger charge is 2.08. The van der Waals surface area contributed by atoms with Crippen LogP contribution in [0.25, 0.3) is 0 Å². The van der Waals surface area contributed by atoms with Gasteiger partial charge in [-0.25, -0.2) is 0 Å². The van der Waals surface area contributed by atoms with Gasteiger partial charge in [0.25, 0.3) is 0 Å². The summed E-state index contributed by atoms with van der Waals surface area (Å²) in [6, 6.07) is 1.78. The molecule has 11 heavy (non-hydrogen) atoms. The zero-order valence-corrected chi connectivity index (χ0v) is 7.56. The highest BCUT2D eigenvalue weighted by molar-refractivity contribution is 6.28. The third-order valence-corrected chi connectivity index (χ3v) is 1.90. The lowest BCUT2D eigenvalue weighted by Gasteiger charge is -2.02. The molecule has 0 aliphatic heterocycles. The van der Waals surface area contributed by atoms with Crippen molar-refractivity contribution in [1.29, 1.82) is 0 Å². The molecule has 0 amide bonds. The van der Waals surface area contributed by atoms with Gasteiger partial charge in [-0.15, -0.1) is 0 Å². The predicted octanol–water partition coefficient (Wildman–Crippen LogP) is 3.23. The molecule has 0 aliphatic carbocycles. The van der Waals surface area contributed by atoms with Crippen molar-refractivity contribution >= 4 is 11.6 Å². The monoisotopic (exact) mass is 173 g/mol. The number of halogens is 1. The Labute approximate surface area is 71.5 Å². The van der Waals surface area contributed by atoms with Crippen molar-refractivity contribution < 1.29 is 4.52 Å². The molecule has 0 fully saturated rings. The van der Waals surface area contributed by atoms with Crippen LogP contribution in [-0.2, 0) is 0 Å². The molecule has 0 radical (unpaired) electrons. The summed E-state index contributed by atoms with van der Waals surface area (Å²) in [5, 5.41) is 4.21. The molecule has 0 N–H and O–H groups in total. The molecule has 3 heteroatoms. The molecule has 1 rings (SSSR count). The minimum Gasteiger partial charge on any atom is -0.344 e. The minimum absolute atomic E-state index is 0.378. The van der Waals surface area contributed by atoms with Gasteiger partial charge in [-0.2, -0.15) is 0 Å². The van der Waals surface area contributed by atoms with Crippen LogP contribution in [0.3, 0.4) is 0 Å². The summed E-state index contributed by atoms with van der Waals surface area (Å²) < 4.78 is 4.75. The lowest BCUT2D eigenvalue weighted by molar-refractivity contribution is 0.406. The molecule has 0 aromatic carbocycles. The van der Waals surface area contributed by atoms with Crippen LogP contribution >= 0.6 is 11.6 Å². The van der Waals surface area contributed by atoms with E-state index in [0.717, 1.165) is 18.5 Å². The smallest absolute Gasteiger partial charge is 0.226 e. The molecule has 1 aromatic heterocycles. The highest BCUT2D eigenvalue weighted by Crippen LogP contribution is 2.21. The first-order valence-corrected chi connectivity index (χ1v) is 4.24. The van der Waals surface area contributed by atoms with Crippen LogP contribution in [0.4, 0.5) is 0 Å². The standard InChI is InChI=1S/C8H12ClNO/c1-3-4-6(2)7-5-8(9)11-10-7/h5-6H,3-4H2,1-2H3. The van der Waals surface area contributed by atoms with E-state index >= 15 is 0 Å². The van der Waals surface area contributed by atoms with E-state index in [1.807, 2.05) is 0 Å². The van der Waals surface area contributed by atoms with Gasteiger partial charge in [-0.3, -0.25) is 0 Å². The van der Waals surface area contributed by atoms with Crippen molar-refractivity contribution in [1.82, 2.24) is 5.16 Å². The summed E-state index contributed by atoms with van der Waals surface area (Å²) in [6.07, 6.45) is 2.29. The molecule has 0 bridgehead atoms. The first kappa shape index (κ1) is 8.60. The second-order valence-electron chi connectivity index (χ2n) is 2.75. The Hall–Kier alpha value is -0.500. The fourth-order valence-electron chi connectivity index (χ4n) is 1.08. The van der Waals surface area contributed by atoms with E-state index in [0.29, 0.717) is 11.1 Å². The Bertz CT molecular complexity index is 222. The molecular weight excluding hydrogens is 162 g/mol. The molecule has 0 aliphatic rings. The fourth-order valence-corrected chi connectivity index (χ4v) is 1.22. The largest absolute Gasteiger partial charge is 0.344 e. The topological polar surface area (TPSA) is 26.0 Å². The Morgan fingerprint density at radius 1 is 1.73 bits per heavy atom. The quantitative estimate of drug-likeness (QED) is 0.702. The lowest BCUT2D eigenvalue weighted by atomic mass is 10.0. The third-order valence-electron chi connectivity index (χ3n) is 1.73. The number of aromatic nitrogens is 1. The lowest BCUT2D eigenvalue weighted by Crippen LogP contribution is -1.91. The van der Waals surface area contributed by atoms with Crippen molar-refractivity contribution in [3.8, 4) is 0 Å². The highest BCUT2D eigenvalue weighted by atomic mass is 35.5. The number of rotatable bonds is 3. The molecule has 0 saturated heterocycles. The van der Waals surface area contributed by atoms with Crippen LogP contribution < -0.4 is 0 Å². The number of hydrogen-bond donors (Lipinski definition) is 0. The van der Waals surface area contributed by atoms with Crippen molar-refractivity contribution in [3.63, 3.8) is 0 Å². The average Bonchev–Trinajstić information content (AvgIpc) is 2.36. The normalized spacial score (nSPS) is 13.4. The Morgan fingerprint density at radius 2 is 2.45 bits per heavy atom. The molecule has 1 unspecified atom stereocenters. The summed E-state index contributed by atoms with van der Waals surface area (Å²) >= 11 is 5.58. The molecule has 0 saturated carbocycles. The second kappa shape index (κ2) is 3.77. The maximum atomic E-state index is 5.58. The summed E-state index contributed by atoms with van der Waals surface area (Å²) in [7, 11) is 0. The molecule has 1 heterocycles. The van der Waals surface area contributed by atoms with Gasteiger partial charge in [0, 0.05) is 12.0 Å². The van der Waals surface area contributed by atoms with Crippen molar-refractivity contribution in [2.75, 3.05) is 0 Å². The number of nitrogens with zero attached hydrogens (tertiary/aromatic N) is 1. The molecule has 62 valence electrons. The molecule has 1 atom stereocenters. The Morgan fingerprint density at radius 3 is 2.91 bits per heavy atom. The average molecular weight is 174 g/mol. The van der Waals surface area contributed by atoms with Gasteiger partial charge in [0.05, 0.1) is 5.69 Å². The van der Waals surface area contributed by atoms with E-state index in [1.54, 1.807) is 6.07 Å². The predicted molar refractivity (Wildman–Crippen MR) is 44.8 cm³/mol. The van der Waals surface area contributed by atoms with Crippen LogP contribution in [0, 0.1) is 0 Å². The van der Waals surface area contributed by atoms with Crippen LogP contribution in [0.5, 0.6) is 0 Å². The van der Waals surface area contributed by atoms with Gasteiger partial charge in [-0.05, 0) is 18.0 Å². The fraction of sp³-hybridized carbons (Fsp3) is 0.625. The van der Waals surface area contributed by atoms with Gasteiger partial charge < -0.3 is 4.52 Å². The van der Waals surface area contributed by atoms with Crippen molar-refractivity contribution in [3.05, 3.63) is 17.0 Å². The van der Waals surface area contributed by atoms with E-state index < -0.39 is 0 Å². The first-order chi connectivity index (χ1) is 5.24. The van der Waals surface area contributed by atoms with Crippen LogP contribution in [0.15, 0.2) is 10.6 Å².